The van der Waals surface area contributed by atoms with Crippen molar-refractivity contribution >= 4 is 41.7 Å². The Labute approximate surface area is 249 Å². The summed E-state index contributed by atoms with van der Waals surface area (Å²) in [4.78, 5) is 21.8. The number of hydrogen-bond acceptors (Lipinski definition) is 7. The van der Waals surface area contributed by atoms with Crippen LogP contribution in [0.4, 0.5) is 11.4 Å². The van der Waals surface area contributed by atoms with E-state index in [1.807, 2.05) is 0 Å². The van der Waals surface area contributed by atoms with E-state index < -0.39 is 40.2 Å². The molecule has 0 fully saturated rings. The van der Waals surface area contributed by atoms with E-state index in [4.69, 9.17) is 2.51 Å². The van der Waals surface area contributed by atoms with Gasteiger partial charge in [0, 0.05) is 0 Å². The van der Waals surface area contributed by atoms with E-state index in [1.54, 1.807) is 30.3 Å². The Hall–Kier alpha value is -2.90. The van der Waals surface area contributed by atoms with Crippen LogP contribution < -0.4 is 0 Å². The molecule has 41 heavy (non-hydrogen) atoms. The van der Waals surface area contributed by atoms with Crippen LogP contribution >= 0.6 is 20.2 Å². The van der Waals surface area contributed by atoms with Crippen LogP contribution in [0.2, 0.25) is 0 Å². The Morgan fingerprint density at radius 3 is 1.68 bits per heavy atom. The van der Waals surface area contributed by atoms with Gasteiger partial charge in [0.05, 0.1) is 0 Å². The summed E-state index contributed by atoms with van der Waals surface area (Å²) in [6.45, 7) is 2.21. The zero-order valence-corrected chi connectivity index (χ0v) is 26.2. The fourth-order valence-electron chi connectivity index (χ4n) is 4.47. The maximum atomic E-state index is 13.7. The standard InChI is InChI=1S/C30H37IN2O7S/c1-2-3-4-5-6-7-8-9-10-11-16-25-17-12-13-22-30(25)41(38,39)40-31(26-18-14-20-28(23-26)32(34)35)27-19-15-21-29(24-27)33(36)37/h12-15,17-24H,2-11,16H2,1H3. The molecule has 0 saturated carbocycles. The molecule has 0 saturated heterocycles. The van der Waals surface area contributed by atoms with Gasteiger partial charge in [0.15, 0.2) is 0 Å². The van der Waals surface area contributed by atoms with E-state index in [-0.39, 0.29) is 16.3 Å². The molecule has 0 heterocycles. The minimum atomic E-state index is -4.29. The minimum absolute atomic E-state index is 0.0640. The summed E-state index contributed by atoms with van der Waals surface area (Å²) in [5.74, 6) is 0. The molecule has 222 valence electrons. The van der Waals surface area contributed by atoms with E-state index in [0.717, 1.165) is 19.3 Å². The predicted octanol–water partition coefficient (Wildman–Crippen LogP) is 8.83. The van der Waals surface area contributed by atoms with Crippen molar-refractivity contribution in [3.63, 3.8) is 0 Å². The Bertz CT molecular complexity index is 1360. The number of halogens is 1. The van der Waals surface area contributed by atoms with Gasteiger partial charge in [0.2, 0.25) is 0 Å². The van der Waals surface area contributed by atoms with Crippen molar-refractivity contribution in [2.24, 2.45) is 0 Å². The van der Waals surface area contributed by atoms with Gasteiger partial charge in [-0.1, -0.05) is 26.2 Å². The maximum absolute atomic E-state index is 13.7. The molecule has 0 aliphatic rings. The van der Waals surface area contributed by atoms with E-state index in [9.17, 15) is 28.6 Å². The summed E-state index contributed by atoms with van der Waals surface area (Å²) in [6, 6.07) is 18.0. The van der Waals surface area contributed by atoms with Gasteiger partial charge < -0.3 is 0 Å². The third-order valence-electron chi connectivity index (χ3n) is 6.62. The van der Waals surface area contributed by atoms with E-state index in [1.165, 1.54) is 87.4 Å². The molecule has 0 spiro atoms. The number of aryl methyl sites for hydroxylation is 1. The molecule has 0 N–H and O–H groups in total. The number of nitrogens with zero attached hydrogens (tertiary/aromatic N) is 2. The number of benzene rings is 3. The summed E-state index contributed by atoms with van der Waals surface area (Å²) in [6.07, 6.45) is 12.3. The van der Waals surface area contributed by atoms with Crippen LogP contribution in [-0.4, -0.2) is 18.3 Å². The van der Waals surface area contributed by atoms with E-state index in [0.29, 0.717) is 19.1 Å². The van der Waals surface area contributed by atoms with Gasteiger partial charge >= 0.3 is 224 Å². The Balaban J connectivity index is 1.77. The fourth-order valence-corrected chi connectivity index (χ4v) is 11.8. The molecule has 9 nitrogen and oxygen atoms in total. The van der Waals surface area contributed by atoms with Crippen molar-refractivity contribution in [1.82, 2.24) is 0 Å². The van der Waals surface area contributed by atoms with Crippen molar-refractivity contribution < 1.29 is 20.8 Å². The Morgan fingerprint density at radius 1 is 0.683 bits per heavy atom. The van der Waals surface area contributed by atoms with Gasteiger partial charge in [-0.3, -0.25) is 0 Å². The van der Waals surface area contributed by atoms with Crippen molar-refractivity contribution in [3.05, 3.63) is 106 Å². The molecule has 0 atom stereocenters. The summed E-state index contributed by atoms with van der Waals surface area (Å²) >= 11 is -3.39. The second kappa shape index (κ2) is 16.5. The first-order valence-corrected chi connectivity index (χ1v) is 18.4. The quantitative estimate of drug-likeness (QED) is 0.0562. The van der Waals surface area contributed by atoms with Crippen molar-refractivity contribution in [3.8, 4) is 0 Å². The Kier molecular flexibility index (Phi) is 13.1. The van der Waals surface area contributed by atoms with Gasteiger partial charge in [-0.25, -0.2) is 0 Å². The van der Waals surface area contributed by atoms with E-state index in [2.05, 4.69) is 6.92 Å². The van der Waals surface area contributed by atoms with Crippen LogP contribution in [0.5, 0.6) is 0 Å². The molecule has 0 aliphatic carbocycles. The molecular weight excluding hydrogens is 659 g/mol. The molecule has 3 aromatic rings. The molecular formula is C30H37IN2O7S. The number of nitro benzene ring substituents is 2. The second-order valence-electron chi connectivity index (χ2n) is 9.78. The molecule has 0 aromatic heterocycles. The number of hydrogen-bond donors (Lipinski definition) is 0. The first-order chi connectivity index (χ1) is 19.7. The van der Waals surface area contributed by atoms with Gasteiger partial charge in [0.25, 0.3) is 0 Å². The van der Waals surface area contributed by atoms with Crippen LogP contribution in [0.15, 0.2) is 77.7 Å². The van der Waals surface area contributed by atoms with Crippen LogP contribution in [0, 0.1) is 27.4 Å². The van der Waals surface area contributed by atoms with Crippen LogP contribution in [0.1, 0.15) is 76.7 Å². The fraction of sp³-hybridized carbons (Fsp3) is 0.400. The van der Waals surface area contributed by atoms with E-state index >= 15 is 0 Å². The number of unbranched alkanes of at least 4 members (excludes halogenated alkanes) is 9. The van der Waals surface area contributed by atoms with Gasteiger partial charge in [0.1, 0.15) is 0 Å². The molecule has 0 amide bonds. The third-order valence-corrected chi connectivity index (χ3v) is 14.0. The molecule has 11 heteroatoms. The van der Waals surface area contributed by atoms with Crippen molar-refractivity contribution in [2.75, 3.05) is 0 Å². The average molecular weight is 697 g/mol. The Morgan fingerprint density at radius 2 is 1.17 bits per heavy atom. The number of rotatable bonds is 18. The molecule has 3 aromatic carbocycles. The molecule has 0 radical (unpaired) electrons. The summed E-state index contributed by atoms with van der Waals surface area (Å²) < 4.78 is 33.9. The second-order valence-corrected chi connectivity index (χ2v) is 16.2. The average Bonchev–Trinajstić information content (AvgIpc) is 2.97. The first-order valence-electron chi connectivity index (χ1n) is 13.9. The SMILES string of the molecule is CCCCCCCCCCCCc1ccccc1S(=O)(=O)OI(c1cccc([N+](=O)[O-])c1)c1cccc([N+](=O)[O-])c1. The molecule has 0 unspecified atom stereocenters. The zero-order valence-electron chi connectivity index (χ0n) is 23.2. The summed E-state index contributed by atoms with van der Waals surface area (Å²) in [7, 11) is -4.29. The van der Waals surface area contributed by atoms with Crippen molar-refractivity contribution in [1.29, 1.82) is 0 Å². The first kappa shape index (κ1) is 32.6. The zero-order chi connectivity index (χ0) is 29.7. The summed E-state index contributed by atoms with van der Waals surface area (Å²) in [5.41, 5.74) is 0.233. The molecule has 0 aliphatic heterocycles. The van der Waals surface area contributed by atoms with Crippen LogP contribution in [0.3, 0.4) is 0 Å². The molecule has 3 rings (SSSR count). The van der Waals surface area contributed by atoms with Gasteiger partial charge in [-0.2, -0.15) is 0 Å². The normalized spacial score (nSPS) is 11.8. The predicted molar refractivity (Wildman–Crippen MR) is 168 cm³/mol. The summed E-state index contributed by atoms with van der Waals surface area (Å²) in [5, 5.41) is 22.8. The number of nitro groups is 2. The molecule has 0 bridgehead atoms. The van der Waals surface area contributed by atoms with Gasteiger partial charge in [-0.05, 0) is 0 Å². The van der Waals surface area contributed by atoms with Crippen LogP contribution in [-0.2, 0) is 19.1 Å². The number of non-ortho nitro benzene ring substituents is 2. The monoisotopic (exact) mass is 696 g/mol. The third kappa shape index (κ3) is 10.2. The van der Waals surface area contributed by atoms with Crippen molar-refractivity contribution in [2.45, 2.75) is 82.4 Å². The van der Waals surface area contributed by atoms with Crippen LogP contribution in [0.25, 0.3) is 0 Å². The topological polar surface area (TPSA) is 130 Å². The van der Waals surface area contributed by atoms with Gasteiger partial charge in [-0.15, -0.1) is 0 Å².